The van der Waals surface area contributed by atoms with E-state index >= 15 is 0 Å². The summed E-state index contributed by atoms with van der Waals surface area (Å²) in [6, 6.07) is 26.3. The number of hydrogen-bond acceptors (Lipinski definition) is 4. The van der Waals surface area contributed by atoms with Crippen LogP contribution in [0.3, 0.4) is 0 Å². The first-order chi connectivity index (χ1) is 14.2. The molecule has 0 radical (unpaired) electrons. The van der Waals surface area contributed by atoms with Gasteiger partial charge in [0.2, 0.25) is 5.13 Å². The fraction of sp³-hybridized carbons (Fsp3) is 0. The summed E-state index contributed by atoms with van der Waals surface area (Å²) in [5.41, 5.74) is 4.92. The zero-order valence-electron chi connectivity index (χ0n) is 15.2. The van der Waals surface area contributed by atoms with Crippen LogP contribution < -0.4 is 0 Å². The van der Waals surface area contributed by atoms with Crippen molar-refractivity contribution < 1.29 is 9.90 Å². The summed E-state index contributed by atoms with van der Waals surface area (Å²) in [6.07, 6.45) is 0. The van der Waals surface area contributed by atoms with Gasteiger partial charge in [0.15, 0.2) is 5.69 Å². The SMILES string of the molecule is O=C(O)c1csc(-n2nc(-c3ccccc3)c3ccc(-c4ccccc4)cc32)n1. The lowest BCUT2D eigenvalue weighted by Crippen LogP contribution is -2.00. The van der Waals surface area contributed by atoms with Crippen LogP contribution >= 0.6 is 11.3 Å². The first-order valence-electron chi connectivity index (χ1n) is 9.03. The molecular formula is C23H15N3O2S. The predicted octanol–water partition coefficient (Wildman–Crippen LogP) is 5.51. The summed E-state index contributed by atoms with van der Waals surface area (Å²) >= 11 is 1.26. The first-order valence-corrected chi connectivity index (χ1v) is 9.91. The molecule has 0 fully saturated rings. The van der Waals surface area contributed by atoms with Crippen molar-refractivity contribution in [3.63, 3.8) is 0 Å². The molecule has 0 aliphatic carbocycles. The fourth-order valence-corrected chi connectivity index (χ4v) is 4.10. The van der Waals surface area contributed by atoms with Gasteiger partial charge in [-0.1, -0.05) is 66.7 Å². The van der Waals surface area contributed by atoms with Crippen LogP contribution in [-0.4, -0.2) is 25.8 Å². The molecule has 5 rings (SSSR count). The highest BCUT2D eigenvalue weighted by Crippen LogP contribution is 2.33. The molecule has 2 aromatic heterocycles. The van der Waals surface area contributed by atoms with Crippen molar-refractivity contribution in [3.8, 4) is 27.5 Å². The lowest BCUT2D eigenvalue weighted by Gasteiger charge is -2.03. The van der Waals surface area contributed by atoms with Gasteiger partial charge in [-0.05, 0) is 23.3 Å². The Morgan fingerprint density at radius 1 is 0.862 bits per heavy atom. The Bertz CT molecular complexity index is 1320. The van der Waals surface area contributed by atoms with Gasteiger partial charge in [-0.25, -0.2) is 14.5 Å². The van der Waals surface area contributed by atoms with Gasteiger partial charge in [0, 0.05) is 16.3 Å². The van der Waals surface area contributed by atoms with Gasteiger partial charge < -0.3 is 5.11 Å². The average molecular weight is 397 g/mol. The van der Waals surface area contributed by atoms with Gasteiger partial charge in [-0.3, -0.25) is 0 Å². The Labute approximate surface area is 170 Å². The monoisotopic (exact) mass is 397 g/mol. The van der Waals surface area contributed by atoms with Crippen molar-refractivity contribution in [2.45, 2.75) is 0 Å². The maximum atomic E-state index is 11.3. The van der Waals surface area contributed by atoms with E-state index in [1.54, 1.807) is 4.68 Å². The standard InChI is InChI=1S/C23H15N3O2S/c27-22(28)19-14-29-23(24-19)26-20-13-17(15-7-3-1-4-8-15)11-12-18(20)21(25-26)16-9-5-2-6-10-16/h1-14H,(H,27,28). The van der Waals surface area contributed by atoms with Crippen LogP contribution in [0.25, 0.3) is 38.4 Å². The third-order valence-electron chi connectivity index (χ3n) is 4.73. The Morgan fingerprint density at radius 3 is 2.21 bits per heavy atom. The number of carboxylic acids is 1. The van der Waals surface area contributed by atoms with Crippen LogP contribution in [0, 0.1) is 0 Å². The average Bonchev–Trinajstić information content (AvgIpc) is 3.40. The van der Waals surface area contributed by atoms with Crippen LogP contribution in [0.15, 0.2) is 84.2 Å². The van der Waals surface area contributed by atoms with E-state index in [1.807, 2.05) is 48.5 Å². The Kier molecular flexibility index (Phi) is 4.18. The molecule has 29 heavy (non-hydrogen) atoms. The van der Waals surface area contributed by atoms with Crippen LogP contribution in [0.2, 0.25) is 0 Å². The number of fused-ring (bicyclic) bond motifs is 1. The van der Waals surface area contributed by atoms with Gasteiger partial charge in [0.1, 0.15) is 5.69 Å². The number of hydrogen-bond donors (Lipinski definition) is 1. The topological polar surface area (TPSA) is 68.0 Å². The molecule has 0 bridgehead atoms. The predicted molar refractivity (Wildman–Crippen MR) is 115 cm³/mol. The molecule has 0 saturated heterocycles. The third kappa shape index (κ3) is 3.09. The normalized spacial score (nSPS) is 11.0. The summed E-state index contributed by atoms with van der Waals surface area (Å²) in [5.74, 6) is -1.04. The second-order valence-corrected chi connectivity index (χ2v) is 7.38. The van der Waals surface area contributed by atoms with Crippen LogP contribution in [-0.2, 0) is 0 Å². The summed E-state index contributed by atoms with van der Waals surface area (Å²) < 4.78 is 1.74. The number of thiazole rings is 1. The molecular weight excluding hydrogens is 382 g/mol. The number of aromatic carboxylic acids is 1. The molecule has 0 amide bonds. The van der Waals surface area contributed by atoms with Gasteiger partial charge in [0.05, 0.1) is 5.52 Å². The van der Waals surface area contributed by atoms with E-state index in [4.69, 9.17) is 5.10 Å². The number of nitrogens with zero attached hydrogens (tertiary/aromatic N) is 3. The Balaban J connectivity index is 1.76. The smallest absolute Gasteiger partial charge is 0.355 e. The molecule has 0 saturated carbocycles. The molecule has 3 aromatic carbocycles. The molecule has 0 atom stereocenters. The maximum absolute atomic E-state index is 11.3. The summed E-state index contributed by atoms with van der Waals surface area (Å²) in [7, 11) is 0. The van der Waals surface area contributed by atoms with Crippen LogP contribution in [0.1, 0.15) is 10.5 Å². The minimum atomic E-state index is -1.04. The quantitative estimate of drug-likeness (QED) is 0.434. The Morgan fingerprint density at radius 2 is 1.55 bits per heavy atom. The van der Waals surface area contributed by atoms with Crippen LogP contribution in [0.4, 0.5) is 0 Å². The fourth-order valence-electron chi connectivity index (χ4n) is 3.34. The van der Waals surface area contributed by atoms with Crippen molar-refractivity contribution in [2.24, 2.45) is 0 Å². The van der Waals surface area contributed by atoms with Crippen molar-refractivity contribution in [1.82, 2.24) is 14.8 Å². The zero-order chi connectivity index (χ0) is 19.8. The first kappa shape index (κ1) is 17.3. The van der Waals surface area contributed by atoms with Gasteiger partial charge in [-0.15, -0.1) is 11.3 Å². The molecule has 2 heterocycles. The summed E-state index contributed by atoms with van der Waals surface area (Å²) in [5, 5.41) is 17.1. The van der Waals surface area contributed by atoms with E-state index in [-0.39, 0.29) is 5.69 Å². The number of carboxylic acid groups (broad SMARTS) is 1. The molecule has 0 spiro atoms. The van der Waals surface area contributed by atoms with E-state index in [2.05, 4.69) is 35.3 Å². The van der Waals surface area contributed by atoms with Crippen molar-refractivity contribution in [3.05, 3.63) is 89.9 Å². The molecule has 0 unspecified atom stereocenters. The lowest BCUT2D eigenvalue weighted by molar-refractivity contribution is 0.0691. The minimum absolute atomic E-state index is 0.0223. The van der Waals surface area contributed by atoms with E-state index in [0.29, 0.717) is 5.13 Å². The van der Waals surface area contributed by atoms with Gasteiger partial charge >= 0.3 is 5.97 Å². The Hall–Kier alpha value is -3.77. The van der Waals surface area contributed by atoms with Crippen molar-refractivity contribution in [1.29, 1.82) is 0 Å². The second-order valence-electron chi connectivity index (χ2n) is 6.54. The molecule has 140 valence electrons. The zero-order valence-corrected chi connectivity index (χ0v) is 16.0. The lowest BCUT2D eigenvalue weighted by atomic mass is 10.0. The molecule has 5 nitrogen and oxygen atoms in total. The number of carbonyl (C=O) groups is 1. The van der Waals surface area contributed by atoms with E-state index < -0.39 is 5.97 Å². The highest BCUT2D eigenvalue weighted by Gasteiger charge is 2.18. The largest absolute Gasteiger partial charge is 0.476 e. The number of benzene rings is 3. The van der Waals surface area contributed by atoms with Crippen molar-refractivity contribution in [2.75, 3.05) is 0 Å². The highest BCUT2D eigenvalue weighted by molar-refractivity contribution is 7.12. The summed E-state index contributed by atoms with van der Waals surface area (Å²) in [4.78, 5) is 15.5. The molecule has 1 N–H and O–H groups in total. The van der Waals surface area contributed by atoms with Gasteiger partial charge in [0.25, 0.3) is 0 Å². The van der Waals surface area contributed by atoms with E-state index in [1.165, 1.54) is 16.7 Å². The molecule has 5 aromatic rings. The van der Waals surface area contributed by atoms with E-state index in [0.717, 1.165) is 33.3 Å². The number of rotatable bonds is 4. The second kappa shape index (κ2) is 7.00. The van der Waals surface area contributed by atoms with Crippen LogP contribution in [0.5, 0.6) is 0 Å². The minimum Gasteiger partial charge on any atom is -0.476 e. The molecule has 0 aliphatic heterocycles. The summed E-state index contributed by atoms with van der Waals surface area (Å²) in [6.45, 7) is 0. The van der Waals surface area contributed by atoms with Crippen molar-refractivity contribution >= 4 is 28.2 Å². The third-order valence-corrected chi connectivity index (χ3v) is 5.54. The molecule has 0 aliphatic rings. The highest BCUT2D eigenvalue weighted by atomic mass is 32.1. The molecule has 6 heteroatoms. The van der Waals surface area contributed by atoms with Gasteiger partial charge in [-0.2, -0.15) is 5.10 Å². The maximum Gasteiger partial charge on any atom is 0.355 e. The van der Waals surface area contributed by atoms with E-state index in [9.17, 15) is 9.90 Å². The number of aromatic nitrogens is 3.